The van der Waals surface area contributed by atoms with Gasteiger partial charge in [-0.1, -0.05) is 34.3 Å². The van der Waals surface area contributed by atoms with Crippen molar-refractivity contribution in [2.75, 3.05) is 13.2 Å². The molecule has 0 bridgehead atoms. The van der Waals surface area contributed by atoms with E-state index in [1.54, 1.807) is 0 Å². The van der Waals surface area contributed by atoms with E-state index in [9.17, 15) is 0 Å². The first kappa shape index (κ1) is 13.9. The minimum absolute atomic E-state index is 0.148. The summed E-state index contributed by atoms with van der Waals surface area (Å²) in [5.41, 5.74) is 0.834. The summed E-state index contributed by atoms with van der Waals surface area (Å²) in [5, 5.41) is 3.60. The van der Waals surface area contributed by atoms with Gasteiger partial charge in [-0.05, 0) is 30.1 Å². The van der Waals surface area contributed by atoms with Gasteiger partial charge in [0.1, 0.15) is 12.4 Å². The molecule has 0 aromatic carbocycles. The van der Waals surface area contributed by atoms with E-state index in [0.717, 1.165) is 12.3 Å². The second-order valence-electron chi connectivity index (χ2n) is 7.42. The van der Waals surface area contributed by atoms with Crippen LogP contribution in [0, 0.1) is 10.8 Å². The molecule has 1 aliphatic heterocycles. The van der Waals surface area contributed by atoms with E-state index in [4.69, 9.17) is 9.47 Å². The van der Waals surface area contributed by atoms with Crippen molar-refractivity contribution < 1.29 is 9.47 Å². The molecule has 0 spiro atoms. The highest BCUT2D eigenvalue weighted by molar-refractivity contribution is 4.93. The molecule has 0 aromatic rings. The van der Waals surface area contributed by atoms with Crippen LogP contribution in [-0.4, -0.2) is 25.5 Å². The largest absolute Gasteiger partial charge is 0.466 e. The molecule has 1 saturated carbocycles. The molecule has 2 rings (SSSR count). The van der Waals surface area contributed by atoms with Gasteiger partial charge in [0.15, 0.2) is 0 Å². The van der Waals surface area contributed by atoms with Crippen molar-refractivity contribution in [1.29, 1.82) is 0 Å². The second kappa shape index (κ2) is 4.86. The Morgan fingerprint density at radius 2 is 1.83 bits per heavy atom. The summed E-state index contributed by atoms with van der Waals surface area (Å²) in [6, 6.07) is 0.560. The Hall–Kier alpha value is -0.540. The molecular weight excluding hydrogens is 226 g/mol. The molecule has 1 N–H and O–H groups in total. The van der Waals surface area contributed by atoms with E-state index in [2.05, 4.69) is 39.6 Å². The fourth-order valence-corrected chi connectivity index (χ4v) is 3.79. The van der Waals surface area contributed by atoms with Gasteiger partial charge in [-0.3, -0.25) is 0 Å². The lowest BCUT2D eigenvalue weighted by Gasteiger charge is -2.45. The minimum Gasteiger partial charge on any atom is -0.466 e. The van der Waals surface area contributed by atoms with Crippen LogP contribution in [0.1, 0.15) is 47.0 Å². The molecule has 18 heavy (non-hydrogen) atoms. The molecule has 0 aromatic heterocycles. The van der Waals surface area contributed by atoms with E-state index in [1.807, 2.05) is 0 Å². The van der Waals surface area contributed by atoms with E-state index in [1.165, 1.54) is 19.3 Å². The van der Waals surface area contributed by atoms with Crippen LogP contribution in [0.15, 0.2) is 12.3 Å². The molecule has 104 valence electrons. The topological polar surface area (TPSA) is 30.5 Å². The highest BCUT2D eigenvalue weighted by Gasteiger charge is 2.38. The Balaban J connectivity index is 1.83. The summed E-state index contributed by atoms with van der Waals surface area (Å²) in [4.78, 5) is 0. The van der Waals surface area contributed by atoms with Gasteiger partial charge in [0, 0.05) is 6.04 Å². The van der Waals surface area contributed by atoms with Gasteiger partial charge in [-0.2, -0.15) is 0 Å². The zero-order chi connectivity index (χ0) is 13.4. The second-order valence-corrected chi connectivity index (χ2v) is 7.42. The van der Waals surface area contributed by atoms with Crippen molar-refractivity contribution in [2.45, 2.75) is 59.3 Å². The van der Waals surface area contributed by atoms with Crippen LogP contribution in [-0.2, 0) is 9.47 Å². The van der Waals surface area contributed by atoms with E-state index < -0.39 is 0 Å². The van der Waals surface area contributed by atoms with Gasteiger partial charge in [-0.15, -0.1) is 0 Å². The van der Waals surface area contributed by atoms with Crippen LogP contribution >= 0.6 is 0 Å². The standard InChI is InChI=1S/C15H27NO2/c1-11-9-17-13(18-11)8-16-12-6-14(2,3)10-15(4,5)7-12/h12-13,16H,1,6-10H2,2-5H3. The van der Waals surface area contributed by atoms with E-state index >= 15 is 0 Å². The molecule has 1 aliphatic carbocycles. The first-order valence-corrected chi connectivity index (χ1v) is 6.95. The SMILES string of the molecule is C=C1COC(CNC2CC(C)(C)CC(C)(C)C2)O1. The van der Waals surface area contributed by atoms with E-state index in [0.29, 0.717) is 23.5 Å². The molecule has 1 atom stereocenters. The van der Waals surface area contributed by atoms with Crippen LogP contribution in [0.25, 0.3) is 0 Å². The van der Waals surface area contributed by atoms with Crippen LogP contribution in [0.4, 0.5) is 0 Å². The van der Waals surface area contributed by atoms with Gasteiger partial charge >= 0.3 is 0 Å². The summed E-state index contributed by atoms with van der Waals surface area (Å²) in [7, 11) is 0. The summed E-state index contributed by atoms with van der Waals surface area (Å²) in [5.74, 6) is 0.742. The van der Waals surface area contributed by atoms with Crippen molar-refractivity contribution in [1.82, 2.24) is 5.32 Å². The van der Waals surface area contributed by atoms with Crippen LogP contribution in [0.3, 0.4) is 0 Å². The zero-order valence-corrected chi connectivity index (χ0v) is 12.2. The maximum atomic E-state index is 5.48. The van der Waals surface area contributed by atoms with Crippen molar-refractivity contribution >= 4 is 0 Å². The molecule has 1 saturated heterocycles. The van der Waals surface area contributed by atoms with Gasteiger partial charge in [0.2, 0.25) is 6.29 Å². The van der Waals surface area contributed by atoms with Crippen LogP contribution in [0.2, 0.25) is 0 Å². The monoisotopic (exact) mass is 253 g/mol. The van der Waals surface area contributed by atoms with Crippen molar-refractivity contribution in [3.8, 4) is 0 Å². The third kappa shape index (κ3) is 3.72. The van der Waals surface area contributed by atoms with Crippen LogP contribution < -0.4 is 5.32 Å². The fourth-order valence-electron chi connectivity index (χ4n) is 3.79. The fraction of sp³-hybridized carbons (Fsp3) is 0.867. The summed E-state index contributed by atoms with van der Waals surface area (Å²) >= 11 is 0. The maximum absolute atomic E-state index is 5.48. The molecule has 2 fully saturated rings. The van der Waals surface area contributed by atoms with Crippen molar-refractivity contribution in [3.63, 3.8) is 0 Å². The highest BCUT2D eigenvalue weighted by Crippen LogP contribution is 2.45. The Bertz CT molecular complexity index is 306. The van der Waals surface area contributed by atoms with Gasteiger partial charge in [-0.25, -0.2) is 0 Å². The number of ether oxygens (including phenoxy) is 2. The number of nitrogens with one attached hydrogen (secondary N) is 1. The zero-order valence-electron chi connectivity index (χ0n) is 12.2. The van der Waals surface area contributed by atoms with Gasteiger partial charge < -0.3 is 14.8 Å². The molecule has 1 heterocycles. The Kier molecular flexibility index (Phi) is 3.75. The highest BCUT2D eigenvalue weighted by atomic mass is 16.7. The lowest BCUT2D eigenvalue weighted by Crippen LogP contribution is -2.46. The summed E-state index contributed by atoms with van der Waals surface area (Å²) in [6.07, 6.45) is 3.60. The molecular formula is C15H27NO2. The molecule has 0 amide bonds. The van der Waals surface area contributed by atoms with Gasteiger partial charge in [0.05, 0.1) is 6.54 Å². The van der Waals surface area contributed by atoms with Gasteiger partial charge in [0.25, 0.3) is 0 Å². The predicted octanol–water partition coefficient (Wildman–Crippen LogP) is 3.07. The predicted molar refractivity (Wildman–Crippen MR) is 73.2 cm³/mol. The molecule has 2 aliphatic rings. The number of hydrogen-bond donors (Lipinski definition) is 1. The summed E-state index contributed by atoms with van der Waals surface area (Å²) < 4.78 is 11.0. The third-order valence-corrected chi connectivity index (χ3v) is 3.86. The van der Waals surface area contributed by atoms with E-state index in [-0.39, 0.29) is 6.29 Å². The van der Waals surface area contributed by atoms with Crippen LogP contribution in [0.5, 0.6) is 0 Å². The quantitative estimate of drug-likeness (QED) is 0.838. The lowest BCUT2D eigenvalue weighted by atomic mass is 9.63. The first-order valence-electron chi connectivity index (χ1n) is 6.95. The minimum atomic E-state index is -0.148. The van der Waals surface area contributed by atoms with Crippen molar-refractivity contribution in [3.05, 3.63) is 12.3 Å². The Labute approximate surface area is 111 Å². The molecule has 1 unspecified atom stereocenters. The average Bonchev–Trinajstić information content (AvgIpc) is 2.56. The maximum Gasteiger partial charge on any atom is 0.212 e. The van der Waals surface area contributed by atoms with Crippen molar-refractivity contribution in [2.24, 2.45) is 10.8 Å². The first-order chi connectivity index (χ1) is 8.26. The average molecular weight is 253 g/mol. The molecule has 3 nitrogen and oxygen atoms in total. The summed E-state index contributed by atoms with van der Waals surface area (Å²) in [6.45, 7) is 14.5. The third-order valence-electron chi connectivity index (χ3n) is 3.86. The Morgan fingerprint density at radius 1 is 1.22 bits per heavy atom. The number of hydrogen-bond acceptors (Lipinski definition) is 3. The smallest absolute Gasteiger partial charge is 0.212 e. The molecule has 0 radical (unpaired) electrons. The molecule has 3 heteroatoms. The normalized spacial score (nSPS) is 31.3. The Morgan fingerprint density at radius 3 is 2.33 bits per heavy atom. The lowest BCUT2D eigenvalue weighted by molar-refractivity contribution is -0.0351. The number of rotatable bonds is 3.